The van der Waals surface area contributed by atoms with Crippen molar-refractivity contribution in [2.75, 3.05) is 0 Å². The van der Waals surface area contributed by atoms with Crippen molar-refractivity contribution < 1.29 is 9.53 Å². The second-order valence-electron chi connectivity index (χ2n) is 12.0. The first-order chi connectivity index (χ1) is 13.9. The van der Waals surface area contributed by atoms with Crippen molar-refractivity contribution in [3.8, 4) is 0 Å². The first-order valence-electron chi connectivity index (χ1n) is 12.7. The average molecular weight is 433 g/mol. The zero-order valence-corrected chi connectivity index (χ0v) is 22.1. The summed E-state index contributed by atoms with van der Waals surface area (Å²) in [5.74, 6) is 1.06. The molecule has 0 aromatic rings. The lowest BCUT2D eigenvalue weighted by molar-refractivity contribution is -0.00761. The lowest BCUT2D eigenvalue weighted by Crippen LogP contribution is -2.52. The van der Waals surface area contributed by atoms with Crippen LogP contribution in [0.15, 0.2) is 23.3 Å². The van der Waals surface area contributed by atoms with Crippen LogP contribution in [0.2, 0.25) is 17.6 Å². The molecule has 0 aromatic heterocycles. The van der Waals surface area contributed by atoms with Crippen LogP contribution >= 0.6 is 0 Å². The van der Waals surface area contributed by atoms with Crippen molar-refractivity contribution in [1.82, 2.24) is 0 Å². The lowest BCUT2D eigenvalue weighted by Gasteiger charge is -2.56. The van der Waals surface area contributed by atoms with E-state index in [-0.39, 0.29) is 23.0 Å². The Kier molecular flexibility index (Phi) is 6.89. The van der Waals surface area contributed by atoms with Gasteiger partial charge in [-0.25, -0.2) is 0 Å². The first-order valence-corrected chi connectivity index (χ1v) is 15.1. The van der Waals surface area contributed by atoms with Gasteiger partial charge in [-0.05, 0) is 96.9 Å². The smallest absolute Gasteiger partial charge is 0.195 e. The normalized spacial score (nSPS) is 37.1. The Morgan fingerprint density at radius 2 is 1.80 bits per heavy atom. The Labute approximate surface area is 187 Å². The molecular weight excluding hydrogens is 384 g/mol. The quantitative estimate of drug-likeness (QED) is 0.357. The van der Waals surface area contributed by atoms with Crippen LogP contribution in [0.4, 0.5) is 0 Å². The summed E-state index contributed by atoms with van der Waals surface area (Å²) >= 11 is 0. The molecule has 1 N–H and O–H groups in total. The zero-order valence-electron chi connectivity index (χ0n) is 21.1. The van der Waals surface area contributed by atoms with Crippen LogP contribution in [0, 0.1) is 22.7 Å². The maximum Gasteiger partial charge on any atom is 0.195 e. The molecule has 0 heterocycles. The Hall–Kier alpha value is -0.383. The van der Waals surface area contributed by atoms with E-state index < -0.39 is 8.32 Å². The van der Waals surface area contributed by atoms with E-state index in [2.05, 4.69) is 62.0 Å². The van der Waals surface area contributed by atoms with Crippen LogP contribution in [0.5, 0.6) is 0 Å². The Morgan fingerprint density at radius 1 is 1.17 bits per heavy atom. The average Bonchev–Trinajstić information content (AvgIpc) is 2.67. The molecule has 3 rings (SSSR count). The van der Waals surface area contributed by atoms with Gasteiger partial charge in [0.25, 0.3) is 0 Å². The third kappa shape index (κ3) is 3.92. The van der Waals surface area contributed by atoms with Gasteiger partial charge < -0.3 is 9.53 Å². The minimum absolute atomic E-state index is 0.162. The molecule has 0 aromatic carbocycles. The van der Waals surface area contributed by atoms with Crippen LogP contribution < -0.4 is 0 Å². The van der Waals surface area contributed by atoms with Crippen LogP contribution in [0.25, 0.3) is 0 Å². The van der Waals surface area contributed by atoms with Gasteiger partial charge in [-0.2, -0.15) is 0 Å². The highest BCUT2D eigenvalue weighted by molar-refractivity contribution is 6.75. The number of aliphatic hydroxyl groups excluding tert-OH is 1. The summed E-state index contributed by atoms with van der Waals surface area (Å²) in [4.78, 5) is 0. The molecule has 2 bridgehead atoms. The Morgan fingerprint density at radius 3 is 2.37 bits per heavy atom. The predicted molar refractivity (Wildman–Crippen MR) is 131 cm³/mol. The number of rotatable bonds is 5. The number of fused-ring (bicyclic) bond motifs is 3. The van der Waals surface area contributed by atoms with E-state index >= 15 is 0 Å². The summed E-state index contributed by atoms with van der Waals surface area (Å²) in [7, 11) is -1.82. The van der Waals surface area contributed by atoms with Crippen LogP contribution in [-0.2, 0) is 4.43 Å². The summed E-state index contributed by atoms with van der Waals surface area (Å²) in [6.07, 6.45) is 6.60. The number of allylic oxidation sites excluding steroid dienone is 1. The van der Waals surface area contributed by atoms with E-state index in [9.17, 15) is 5.11 Å². The monoisotopic (exact) mass is 432 g/mol. The molecule has 0 saturated heterocycles. The van der Waals surface area contributed by atoms with Gasteiger partial charge in [-0.3, -0.25) is 0 Å². The zero-order chi connectivity index (χ0) is 22.5. The van der Waals surface area contributed by atoms with E-state index in [1.165, 1.54) is 31.4 Å². The van der Waals surface area contributed by atoms with Crippen molar-refractivity contribution in [3.05, 3.63) is 23.3 Å². The summed E-state index contributed by atoms with van der Waals surface area (Å²) in [5, 5.41) is 10.7. The molecule has 2 saturated carbocycles. The topological polar surface area (TPSA) is 29.5 Å². The molecule has 0 aliphatic heterocycles. The first kappa shape index (κ1) is 24.3. The van der Waals surface area contributed by atoms with Gasteiger partial charge in [0.2, 0.25) is 0 Å². The number of hydrogen-bond acceptors (Lipinski definition) is 2. The standard InChI is InChI=1S/C27H48O2Si/c1-10-30(11-2,18(3)4)29-24-17-27(9)15-14-23(28)20(6)22(27)16-21-13-12-19(5)25(24)26(21,7)8/h18,21-24,28H,6,10-17H2,1-5,7-9H3/t21-,22+,23-,24-,27-/m0/s1. The molecule has 30 heavy (non-hydrogen) atoms. The fourth-order valence-electron chi connectivity index (χ4n) is 7.51. The van der Waals surface area contributed by atoms with Gasteiger partial charge in [0.1, 0.15) is 0 Å². The maximum absolute atomic E-state index is 10.7. The second kappa shape index (κ2) is 8.52. The molecule has 2 fully saturated rings. The lowest BCUT2D eigenvalue weighted by atomic mass is 9.52. The molecule has 3 heteroatoms. The van der Waals surface area contributed by atoms with Gasteiger partial charge in [-0.15, -0.1) is 0 Å². The number of aliphatic hydroxyl groups is 1. The van der Waals surface area contributed by atoms with Crippen LogP contribution in [0.3, 0.4) is 0 Å². The summed E-state index contributed by atoms with van der Waals surface area (Å²) in [6.45, 7) is 23.7. The van der Waals surface area contributed by atoms with E-state index in [1.807, 2.05) is 0 Å². The second-order valence-corrected chi connectivity index (χ2v) is 16.9. The molecule has 0 unspecified atom stereocenters. The van der Waals surface area contributed by atoms with E-state index in [0.29, 0.717) is 17.4 Å². The Balaban J connectivity index is 2.12. The largest absolute Gasteiger partial charge is 0.410 e. The summed E-state index contributed by atoms with van der Waals surface area (Å²) in [5.41, 5.74) is 5.30. The molecule has 0 spiro atoms. The van der Waals surface area contributed by atoms with Gasteiger partial charge in [0, 0.05) is 0 Å². The van der Waals surface area contributed by atoms with Crippen molar-refractivity contribution in [2.45, 2.75) is 124 Å². The molecule has 172 valence electrons. The summed E-state index contributed by atoms with van der Waals surface area (Å²) < 4.78 is 7.43. The fourth-order valence-corrected chi connectivity index (χ4v) is 11.0. The van der Waals surface area contributed by atoms with Crippen molar-refractivity contribution in [1.29, 1.82) is 0 Å². The van der Waals surface area contributed by atoms with E-state index in [1.54, 1.807) is 11.1 Å². The number of hydrogen-bond donors (Lipinski definition) is 1. The minimum Gasteiger partial charge on any atom is -0.410 e. The Bertz CT molecular complexity index is 687. The highest BCUT2D eigenvalue weighted by Gasteiger charge is 2.53. The molecule has 0 amide bonds. The molecular formula is C27H48O2Si. The maximum atomic E-state index is 10.7. The third-order valence-electron chi connectivity index (χ3n) is 9.87. The van der Waals surface area contributed by atoms with Crippen LogP contribution in [-0.4, -0.2) is 25.6 Å². The predicted octanol–water partition coefficient (Wildman–Crippen LogP) is 7.65. The third-order valence-corrected chi connectivity index (χ3v) is 15.1. The molecule has 2 nitrogen and oxygen atoms in total. The summed E-state index contributed by atoms with van der Waals surface area (Å²) in [6, 6.07) is 2.39. The molecule has 3 aliphatic carbocycles. The van der Waals surface area contributed by atoms with Crippen molar-refractivity contribution >= 4 is 8.32 Å². The van der Waals surface area contributed by atoms with Crippen molar-refractivity contribution in [2.24, 2.45) is 22.7 Å². The van der Waals surface area contributed by atoms with Gasteiger partial charge in [-0.1, -0.05) is 60.6 Å². The molecule has 0 radical (unpaired) electrons. The molecule has 3 aliphatic rings. The fraction of sp³-hybridized carbons (Fsp3) is 0.852. The van der Waals surface area contributed by atoms with Crippen LogP contribution in [0.1, 0.15) is 93.9 Å². The molecule has 5 atom stereocenters. The highest BCUT2D eigenvalue weighted by atomic mass is 28.4. The minimum atomic E-state index is -1.82. The van der Waals surface area contributed by atoms with Gasteiger partial charge in [0.15, 0.2) is 8.32 Å². The SMILES string of the molecule is C=C1[C@H]2C[C@@H]3CCC(C)=C([C@@H](O[Si](CC)(CC)C(C)C)C[C@]2(C)CC[C@@H]1O)C3(C)C. The highest BCUT2D eigenvalue weighted by Crippen LogP contribution is 2.59. The van der Waals surface area contributed by atoms with Gasteiger partial charge >= 0.3 is 0 Å². The van der Waals surface area contributed by atoms with E-state index in [0.717, 1.165) is 24.8 Å². The van der Waals surface area contributed by atoms with E-state index in [4.69, 9.17) is 4.43 Å². The van der Waals surface area contributed by atoms with Gasteiger partial charge in [0.05, 0.1) is 12.2 Å². The van der Waals surface area contributed by atoms with Crippen molar-refractivity contribution in [3.63, 3.8) is 0 Å².